The second-order valence-electron chi connectivity index (χ2n) is 9.91. The minimum absolute atomic E-state index is 0.0301. The Hall–Kier alpha value is -3.85. The molecule has 40 heavy (non-hydrogen) atoms. The van der Waals surface area contributed by atoms with Crippen LogP contribution in [0.5, 0.6) is 5.75 Å². The van der Waals surface area contributed by atoms with Crippen LogP contribution >= 0.6 is 0 Å². The summed E-state index contributed by atoms with van der Waals surface area (Å²) >= 11 is 0. The predicted molar refractivity (Wildman–Crippen MR) is 158 cm³/mol. The number of nitrogens with one attached hydrogen (secondary N) is 1. The fourth-order valence-corrected chi connectivity index (χ4v) is 5.73. The lowest BCUT2D eigenvalue weighted by atomic mass is 10.1. The molecule has 0 radical (unpaired) electrons. The number of rotatable bonds is 14. The number of para-hydroxylation sites is 1. The first kappa shape index (κ1) is 30.7. The molecule has 0 fully saturated rings. The van der Waals surface area contributed by atoms with Gasteiger partial charge < -0.3 is 15.0 Å². The van der Waals surface area contributed by atoms with Crippen LogP contribution in [0.4, 0.5) is 5.69 Å². The maximum absolute atomic E-state index is 14.0. The Bertz CT molecular complexity index is 1330. The van der Waals surface area contributed by atoms with E-state index in [0.717, 1.165) is 9.87 Å². The second kappa shape index (κ2) is 14.5. The molecule has 1 N–H and O–H groups in total. The first-order valence-electron chi connectivity index (χ1n) is 13.5. The van der Waals surface area contributed by atoms with E-state index in [4.69, 9.17) is 4.74 Å². The lowest BCUT2D eigenvalue weighted by molar-refractivity contribution is -0.139. The minimum Gasteiger partial charge on any atom is -0.497 e. The molecule has 0 aromatic heterocycles. The fraction of sp³-hybridized carbons (Fsp3) is 0.355. The smallest absolute Gasteiger partial charge is 0.264 e. The van der Waals surface area contributed by atoms with Crippen LogP contribution in [-0.2, 0) is 26.0 Å². The van der Waals surface area contributed by atoms with E-state index in [1.54, 1.807) is 42.5 Å². The number of nitrogens with zero attached hydrogens (tertiary/aromatic N) is 2. The van der Waals surface area contributed by atoms with Crippen molar-refractivity contribution >= 4 is 27.5 Å². The molecule has 0 spiro atoms. The van der Waals surface area contributed by atoms with E-state index in [9.17, 15) is 18.0 Å². The van der Waals surface area contributed by atoms with Gasteiger partial charge in [-0.25, -0.2) is 8.42 Å². The van der Waals surface area contributed by atoms with Crippen molar-refractivity contribution in [2.24, 2.45) is 5.92 Å². The van der Waals surface area contributed by atoms with Crippen molar-refractivity contribution in [1.82, 2.24) is 10.2 Å². The van der Waals surface area contributed by atoms with Crippen molar-refractivity contribution in [2.45, 2.75) is 44.6 Å². The standard InChI is InChI=1S/C31H39N3O5S/c1-5-29(31(36)32-22-24(2)3)33(21-20-25-12-8-6-9-13-25)30(35)23-34(26-14-10-7-11-15-26)40(37,38)28-18-16-27(39-4)17-19-28/h6-19,24,29H,5,20-23H2,1-4H3,(H,32,36). The Labute approximate surface area is 238 Å². The third kappa shape index (κ3) is 8.08. The van der Waals surface area contributed by atoms with E-state index in [0.29, 0.717) is 30.8 Å². The molecule has 2 amide bonds. The normalized spacial score (nSPS) is 12.0. The van der Waals surface area contributed by atoms with Crippen molar-refractivity contribution in [3.63, 3.8) is 0 Å². The Kier molecular flexibility index (Phi) is 11.1. The Morgan fingerprint density at radius 1 is 0.900 bits per heavy atom. The summed E-state index contributed by atoms with van der Waals surface area (Å²) in [6.07, 6.45) is 0.915. The van der Waals surface area contributed by atoms with Crippen LogP contribution in [0.3, 0.4) is 0 Å². The van der Waals surface area contributed by atoms with Gasteiger partial charge in [-0.15, -0.1) is 0 Å². The van der Waals surface area contributed by atoms with Gasteiger partial charge in [-0.3, -0.25) is 13.9 Å². The summed E-state index contributed by atoms with van der Waals surface area (Å²) in [5.41, 5.74) is 1.37. The van der Waals surface area contributed by atoms with Gasteiger partial charge in [0.25, 0.3) is 10.0 Å². The van der Waals surface area contributed by atoms with Crippen molar-refractivity contribution in [3.8, 4) is 5.75 Å². The first-order chi connectivity index (χ1) is 19.2. The van der Waals surface area contributed by atoms with Gasteiger partial charge in [-0.05, 0) is 60.7 Å². The van der Waals surface area contributed by atoms with Crippen molar-refractivity contribution in [3.05, 3.63) is 90.5 Å². The molecule has 0 saturated carbocycles. The van der Waals surface area contributed by atoms with E-state index in [2.05, 4.69) is 5.32 Å². The summed E-state index contributed by atoms with van der Waals surface area (Å²) in [5.74, 6) is 0.0648. The van der Waals surface area contributed by atoms with Crippen LogP contribution in [-0.4, -0.2) is 57.9 Å². The molecule has 8 nitrogen and oxygen atoms in total. The molecular weight excluding hydrogens is 526 g/mol. The number of amides is 2. The lowest BCUT2D eigenvalue weighted by Crippen LogP contribution is -2.53. The van der Waals surface area contributed by atoms with Gasteiger partial charge >= 0.3 is 0 Å². The average Bonchev–Trinajstić information content (AvgIpc) is 2.97. The summed E-state index contributed by atoms with van der Waals surface area (Å²) in [6, 6.07) is 23.5. The summed E-state index contributed by atoms with van der Waals surface area (Å²) in [4.78, 5) is 28.8. The lowest BCUT2D eigenvalue weighted by Gasteiger charge is -2.33. The van der Waals surface area contributed by atoms with Crippen LogP contribution in [0.2, 0.25) is 0 Å². The fourth-order valence-electron chi connectivity index (χ4n) is 4.32. The van der Waals surface area contributed by atoms with E-state index in [-0.39, 0.29) is 23.3 Å². The second-order valence-corrected chi connectivity index (χ2v) is 11.8. The van der Waals surface area contributed by atoms with Crippen molar-refractivity contribution < 1.29 is 22.7 Å². The molecule has 1 unspecified atom stereocenters. The molecule has 9 heteroatoms. The highest BCUT2D eigenvalue weighted by molar-refractivity contribution is 7.92. The van der Waals surface area contributed by atoms with Gasteiger partial charge in [0.05, 0.1) is 17.7 Å². The van der Waals surface area contributed by atoms with E-state index < -0.39 is 28.5 Å². The number of hydrogen-bond donors (Lipinski definition) is 1. The number of anilines is 1. The molecule has 0 aliphatic carbocycles. The molecular formula is C31H39N3O5S. The highest BCUT2D eigenvalue weighted by atomic mass is 32.2. The maximum atomic E-state index is 14.0. The largest absolute Gasteiger partial charge is 0.497 e. The monoisotopic (exact) mass is 565 g/mol. The molecule has 1 atom stereocenters. The maximum Gasteiger partial charge on any atom is 0.264 e. The molecule has 3 aromatic carbocycles. The van der Waals surface area contributed by atoms with Gasteiger partial charge in [0.2, 0.25) is 11.8 Å². The number of benzene rings is 3. The Morgan fingerprint density at radius 2 is 1.50 bits per heavy atom. The number of methoxy groups -OCH3 is 1. The zero-order valence-electron chi connectivity index (χ0n) is 23.6. The number of ether oxygens (including phenoxy) is 1. The third-order valence-electron chi connectivity index (χ3n) is 6.53. The Balaban J connectivity index is 1.97. The van der Waals surface area contributed by atoms with Crippen LogP contribution in [0.1, 0.15) is 32.8 Å². The summed E-state index contributed by atoms with van der Waals surface area (Å²) in [5, 5.41) is 2.94. The van der Waals surface area contributed by atoms with E-state index >= 15 is 0 Å². The first-order valence-corrected chi connectivity index (χ1v) is 14.9. The highest BCUT2D eigenvalue weighted by Crippen LogP contribution is 2.25. The van der Waals surface area contributed by atoms with Crippen molar-refractivity contribution in [2.75, 3.05) is 31.0 Å². The molecule has 0 heterocycles. The van der Waals surface area contributed by atoms with Gasteiger partial charge in [0.1, 0.15) is 18.3 Å². The predicted octanol–water partition coefficient (Wildman–Crippen LogP) is 4.51. The number of carbonyl (C=O) groups is 2. The molecule has 3 aromatic rings. The van der Waals surface area contributed by atoms with Gasteiger partial charge in [-0.1, -0.05) is 69.3 Å². The summed E-state index contributed by atoms with van der Waals surface area (Å²) in [6.45, 7) is 6.15. The number of sulfonamides is 1. The SMILES string of the molecule is CCC(C(=O)NCC(C)C)N(CCc1ccccc1)C(=O)CN(c1ccccc1)S(=O)(=O)c1ccc(OC)cc1. The van der Waals surface area contributed by atoms with E-state index in [1.165, 1.54) is 24.1 Å². The minimum atomic E-state index is -4.12. The third-order valence-corrected chi connectivity index (χ3v) is 8.31. The molecule has 214 valence electrons. The topological polar surface area (TPSA) is 96.0 Å². The molecule has 0 aliphatic rings. The Morgan fingerprint density at radius 3 is 2.05 bits per heavy atom. The molecule has 3 rings (SSSR count). The number of hydrogen-bond acceptors (Lipinski definition) is 5. The molecule has 0 aliphatic heterocycles. The quantitative estimate of drug-likeness (QED) is 0.310. The van der Waals surface area contributed by atoms with Crippen LogP contribution < -0.4 is 14.4 Å². The highest BCUT2D eigenvalue weighted by Gasteiger charge is 2.33. The summed E-state index contributed by atoms with van der Waals surface area (Å²) < 4.78 is 34.0. The zero-order valence-corrected chi connectivity index (χ0v) is 24.4. The van der Waals surface area contributed by atoms with Crippen LogP contribution in [0.15, 0.2) is 89.8 Å². The van der Waals surface area contributed by atoms with Crippen molar-refractivity contribution in [1.29, 1.82) is 0 Å². The zero-order chi connectivity index (χ0) is 29.1. The van der Waals surface area contributed by atoms with Crippen LogP contribution in [0.25, 0.3) is 0 Å². The molecule has 0 bridgehead atoms. The molecule has 0 saturated heterocycles. The van der Waals surface area contributed by atoms with E-state index in [1.807, 2.05) is 51.1 Å². The number of carbonyl (C=O) groups excluding carboxylic acids is 2. The van der Waals surface area contributed by atoms with Gasteiger partial charge in [-0.2, -0.15) is 0 Å². The van der Waals surface area contributed by atoms with Gasteiger partial charge in [0.15, 0.2) is 0 Å². The van der Waals surface area contributed by atoms with Crippen LogP contribution in [0, 0.1) is 5.92 Å². The average molecular weight is 566 g/mol. The summed E-state index contributed by atoms with van der Waals surface area (Å²) in [7, 11) is -2.62. The van der Waals surface area contributed by atoms with Gasteiger partial charge in [0, 0.05) is 13.1 Å².